The molecule has 0 unspecified atom stereocenters. The van der Waals surface area contributed by atoms with Crippen molar-refractivity contribution in [2.45, 2.75) is 6.42 Å². The second-order valence-corrected chi connectivity index (χ2v) is 8.37. The number of hydrogen-bond acceptors (Lipinski definition) is 4. The Balaban J connectivity index is 0. The SMILES string of the molecule is C=O.C=O.C=O.O=[C-]Cc1ccccc1.[Co].c1ccc(P(c2ccccc2)c2ccccc2)cc1. The van der Waals surface area contributed by atoms with Crippen molar-refractivity contribution in [3.8, 4) is 0 Å². The van der Waals surface area contributed by atoms with E-state index in [2.05, 4.69) is 91.0 Å². The molecule has 4 nitrogen and oxygen atoms in total. The molecule has 0 aliphatic rings. The molecular formula is C29H28CoO4P-. The van der Waals surface area contributed by atoms with Gasteiger partial charge in [0, 0.05) is 16.8 Å². The molecule has 4 aromatic carbocycles. The topological polar surface area (TPSA) is 68.3 Å². The molecule has 0 aliphatic carbocycles. The molecule has 183 valence electrons. The van der Waals surface area contributed by atoms with Crippen LogP contribution in [0.25, 0.3) is 0 Å². The van der Waals surface area contributed by atoms with E-state index >= 15 is 0 Å². The minimum Gasteiger partial charge on any atom is -0.541 e. The van der Waals surface area contributed by atoms with Crippen molar-refractivity contribution >= 4 is 50.5 Å². The number of benzene rings is 4. The molecule has 0 heterocycles. The van der Waals surface area contributed by atoms with Crippen molar-refractivity contribution in [2.24, 2.45) is 0 Å². The van der Waals surface area contributed by atoms with Gasteiger partial charge in [-0.2, -0.15) is 0 Å². The Hall–Kier alpha value is -3.50. The monoisotopic (exact) mass is 530 g/mol. The summed E-state index contributed by atoms with van der Waals surface area (Å²) >= 11 is 0. The van der Waals surface area contributed by atoms with Gasteiger partial charge in [0.05, 0.1) is 0 Å². The number of rotatable bonds is 5. The second kappa shape index (κ2) is 23.6. The minimum atomic E-state index is -0.446. The average molecular weight is 530 g/mol. The summed E-state index contributed by atoms with van der Waals surface area (Å²) < 4.78 is 0. The number of carbonyl (C=O) groups is 3. The van der Waals surface area contributed by atoms with Crippen LogP contribution in [-0.4, -0.2) is 26.7 Å². The first-order chi connectivity index (χ1) is 16.9. The van der Waals surface area contributed by atoms with Gasteiger partial charge in [-0.3, -0.25) is 6.29 Å². The van der Waals surface area contributed by atoms with Crippen LogP contribution in [0.15, 0.2) is 121 Å². The van der Waals surface area contributed by atoms with E-state index < -0.39 is 7.92 Å². The summed E-state index contributed by atoms with van der Waals surface area (Å²) in [5, 5.41) is 4.19. The van der Waals surface area contributed by atoms with Crippen molar-refractivity contribution in [1.29, 1.82) is 0 Å². The van der Waals surface area contributed by atoms with E-state index in [9.17, 15) is 4.79 Å². The van der Waals surface area contributed by atoms with E-state index in [0.29, 0.717) is 6.42 Å². The molecule has 4 aromatic rings. The summed E-state index contributed by atoms with van der Waals surface area (Å²) in [5.74, 6) is 0. The molecule has 0 saturated heterocycles. The first-order valence-corrected chi connectivity index (χ1v) is 11.4. The van der Waals surface area contributed by atoms with E-state index in [4.69, 9.17) is 14.4 Å². The van der Waals surface area contributed by atoms with E-state index in [1.165, 1.54) is 15.9 Å². The molecule has 0 N–H and O–H groups in total. The number of carbonyl (C=O) groups excluding carboxylic acids is 4. The summed E-state index contributed by atoms with van der Waals surface area (Å²) in [6.45, 7) is 6.00. The molecule has 0 atom stereocenters. The third kappa shape index (κ3) is 13.1. The third-order valence-electron chi connectivity index (χ3n) is 4.16. The van der Waals surface area contributed by atoms with Gasteiger partial charge in [-0.25, -0.2) is 0 Å². The zero-order valence-corrected chi connectivity index (χ0v) is 21.2. The maximum absolute atomic E-state index is 9.85. The van der Waals surface area contributed by atoms with Crippen molar-refractivity contribution in [3.63, 3.8) is 0 Å². The maximum Gasteiger partial charge on any atom is 0.106 e. The van der Waals surface area contributed by atoms with E-state index in [1.807, 2.05) is 57.0 Å². The Morgan fingerprint density at radius 2 is 0.743 bits per heavy atom. The Morgan fingerprint density at radius 3 is 1.00 bits per heavy atom. The third-order valence-corrected chi connectivity index (χ3v) is 6.61. The van der Waals surface area contributed by atoms with Crippen LogP contribution in [0, 0.1) is 0 Å². The summed E-state index contributed by atoms with van der Waals surface area (Å²) in [5.41, 5.74) is 1.02. The molecule has 0 bridgehead atoms. The molecule has 0 aromatic heterocycles. The van der Waals surface area contributed by atoms with Crippen LogP contribution in [0.3, 0.4) is 0 Å². The molecule has 0 amide bonds. The van der Waals surface area contributed by atoms with Crippen LogP contribution in [-0.2, 0) is 42.4 Å². The Morgan fingerprint density at radius 1 is 0.486 bits per heavy atom. The molecule has 1 radical (unpaired) electrons. The molecular weight excluding hydrogens is 502 g/mol. The average Bonchev–Trinajstić information content (AvgIpc) is 2.95. The van der Waals surface area contributed by atoms with Gasteiger partial charge in [0.25, 0.3) is 0 Å². The predicted octanol–water partition coefficient (Wildman–Crippen LogP) is 4.23. The van der Waals surface area contributed by atoms with Gasteiger partial charge in [0.2, 0.25) is 0 Å². The van der Waals surface area contributed by atoms with Gasteiger partial charge in [-0.15, -0.1) is 6.42 Å². The van der Waals surface area contributed by atoms with Crippen molar-refractivity contribution < 1.29 is 36.0 Å². The molecule has 0 fully saturated rings. The van der Waals surface area contributed by atoms with Crippen LogP contribution < -0.4 is 15.9 Å². The normalized spacial score (nSPS) is 8.37. The first kappa shape index (κ1) is 33.7. The van der Waals surface area contributed by atoms with Crippen LogP contribution in [0.5, 0.6) is 0 Å². The van der Waals surface area contributed by atoms with Crippen molar-refractivity contribution in [3.05, 3.63) is 127 Å². The van der Waals surface area contributed by atoms with Crippen LogP contribution in [0.4, 0.5) is 0 Å². The van der Waals surface area contributed by atoms with Crippen LogP contribution >= 0.6 is 7.92 Å². The van der Waals surface area contributed by atoms with E-state index in [-0.39, 0.29) is 16.8 Å². The van der Waals surface area contributed by atoms with Gasteiger partial charge in [-0.05, 0) is 23.8 Å². The molecule has 0 saturated carbocycles. The Labute approximate surface area is 219 Å². The van der Waals surface area contributed by atoms with Gasteiger partial charge in [0.1, 0.15) is 20.4 Å². The largest absolute Gasteiger partial charge is 0.541 e. The fourth-order valence-electron chi connectivity index (χ4n) is 2.86. The van der Waals surface area contributed by atoms with Gasteiger partial charge < -0.3 is 19.2 Å². The standard InChI is InChI=1S/C18H15P.C8H7O.3CH2O.Co/c1-4-10-16(11-5-1)19(17-12-6-2-7-13-17)18-14-8-3-9-15-18;9-7-6-8-4-2-1-3-5-8;3*1-2;/h1-15H;1-5H,6H2;3*1H2;/q;-1;;;;. The second-order valence-electron chi connectivity index (χ2n) is 6.15. The van der Waals surface area contributed by atoms with Crippen LogP contribution in [0.1, 0.15) is 5.56 Å². The minimum absolute atomic E-state index is 0. The Kier molecular flexibility index (Phi) is 22.7. The maximum atomic E-state index is 9.85. The van der Waals surface area contributed by atoms with E-state index in [1.54, 1.807) is 0 Å². The molecule has 6 heteroatoms. The molecule has 4 rings (SSSR count). The molecule has 0 spiro atoms. The summed E-state index contributed by atoms with van der Waals surface area (Å²) in [6, 6.07) is 41.9. The summed E-state index contributed by atoms with van der Waals surface area (Å²) in [4.78, 5) is 33.8. The van der Waals surface area contributed by atoms with Gasteiger partial charge in [-0.1, -0.05) is 127 Å². The van der Waals surface area contributed by atoms with Crippen LogP contribution in [0.2, 0.25) is 0 Å². The zero-order valence-electron chi connectivity index (χ0n) is 19.3. The van der Waals surface area contributed by atoms with Gasteiger partial charge >= 0.3 is 0 Å². The van der Waals surface area contributed by atoms with Crippen molar-refractivity contribution in [2.75, 3.05) is 0 Å². The zero-order chi connectivity index (χ0) is 25.4. The molecule has 35 heavy (non-hydrogen) atoms. The van der Waals surface area contributed by atoms with E-state index in [0.717, 1.165) is 5.56 Å². The fourth-order valence-corrected chi connectivity index (χ4v) is 5.16. The fraction of sp³-hybridized carbons (Fsp3) is 0.0345. The quantitative estimate of drug-likeness (QED) is 0.286. The number of hydrogen-bond donors (Lipinski definition) is 0. The summed E-state index contributed by atoms with van der Waals surface area (Å²) in [7, 11) is -0.446. The summed E-state index contributed by atoms with van der Waals surface area (Å²) in [6.07, 6.45) is 2.24. The smallest absolute Gasteiger partial charge is 0.106 e. The first-order valence-electron chi connectivity index (χ1n) is 10.1. The molecule has 0 aliphatic heterocycles. The Bertz CT molecular complexity index is 905. The van der Waals surface area contributed by atoms with Gasteiger partial charge in [0.15, 0.2) is 0 Å². The predicted molar refractivity (Wildman–Crippen MR) is 142 cm³/mol. The van der Waals surface area contributed by atoms with Crippen molar-refractivity contribution in [1.82, 2.24) is 0 Å².